The van der Waals surface area contributed by atoms with Gasteiger partial charge in [0.2, 0.25) is 18.3 Å². The Labute approximate surface area is 216 Å². The van der Waals surface area contributed by atoms with Gasteiger partial charge in [0.25, 0.3) is 0 Å². The molecule has 0 radical (unpaired) electrons. The topological polar surface area (TPSA) is 102 Å². The summed E-state index contributed by atoms with van der Waals surface area (Å²) >= 11 is 0. The van der Waals surface area contributed by atoms with Gasteiger partial charge in [-0.05, 0) is 38.5 Å². The lowest BCUT2D eigenvalue weighted by atomic mass is 9.71. The van der Waals surface area contributed by atoms with Gasteiger partial charge in [0, 0.05) is 22.6 Å². The first-order chi connectivity index (χ1) is 17.6. The van der Waals surface area contributed by atoms with E-state index in [2.05, 4.69) is 0 Å². The molecule has 1 aliphatic heterocycles. The third-order valence-corrected chi connectivity index (χ3v) is 7.33. The maximum atomic E-state index is 13.0. The highest BCUT2D eigenvalue weighted by Gasteiger charge is 2.49. The van der Waals surface area contributed by atoms with E-state index in [1.807, 2.05) is 19.1 Å². The van der Waals surface area contributed by atoms with E-state index >= 15 is 0 Å². The fourth-order valence-corrected chi connectivity index (χ4v) is 4.98. The van der Waals surface area contributed by atoms with Crippen LogP contribution >= 0.6 is 0 Å². The number of hydrogen-bond acceptors (Lipinski definition) is 9. The van der Waals surface area contributed by atoms with E-state index in [9.17, 15) is 9.90 Å². The van der Waals surface area contributed by atoms with E-state index < -0.39 is 29.5 Å². The molecule has 0 unspecified atom stereocenters. The summed E-state index contributed by atoms with van der Waals surface area (Å²) in [5, 5.41) is 11.9. The van der Waals surface area contributed by atoms with Crippen LogP contribution in [0, 0.1) is 5.92 Å². The lowest BCUT2D eigenvalue weighted by Gasteiger charge is -2.41. The molecule has 2 aliphatic carbocycles. The predicted octanol–water partition coefficient (Wildman–Crippen LogP) is 4.43. The number of carbonyl (C=O) groups is 1. The summed E-state index contributed by atoms with van der Waals surface area (Å²) in [6.45, 7) is 6.99. The van der Waals surface area contributed by atoms with Gasteiger partial charge in [-0.25, -0.2) is 4.79 Å². The van der Waals surface area contributed by atoms with Crippen LogP contribution in [-0.4, -0.2) is 51.9 Å². The highest BCUT2D eigenvalue weighted by atomic mass is 16.7. The van der Waals surface area contributed by atoms with Crippen molar-refractivity contribution in [2.75, 3.05) is 35.2 Å². The molecule has 1 heterocycles. The van der Waals surface area contributed by atoms with E-state index in [1.54, 1.807) is 40.0 Å². The minimum atomic E-state index is -1.52. The number of hydrogen-bond donors (Lipinski definition) is 1. The van der Waals surface area contributed by atoms with Crippen LogP contribution in [0.3, 0.4) is 0 Å². The second-order valence-corrected chi connectivity index (χ2v) is 9.33. The lowest BCUT2D eigenvalue weighted by molar-refractivity contribution is -0.164. The molecular formula is C28H34O9. The van der Waals surface area contributed by atoms with E-state index in [0.717, 1.165) is 5.57 Å². The molecule has 1 saturated heterocycles. The first kappa shape index (κ1) is 26.5. The van der Waals surface area contributed by atoms with Crippen molar-refractivity contribution in [1.29, 1.82) is 0 Å². The number of allylic oxidation sites excluding steroid dienone is 3. The normalized spacial score (nSPS) is 26.6. The van der Waals surface area contributed by atoms with Crippen molar-refractivity contribution >= 4 is 5.97 Å². The van der Waals surface area contributed by atoms with Crippen molar-refractivity contribution in [2.24, 2.45) is 5.92 Å². The number of rotatable bonds is 6. The Morgan fingerprint density at radius 2 is 1.81 bits per heavy atom. The summed E-state index contributed by atoms with van der Waals surface area (Å²) in [6, 6.07) is 1.72. The average molecular weight is 515 g/mol. The fraction of sp³-hybridized carbons (Fsp3) is 0.464. The second-order valence-electron chi connectivity index (χ2n) is 9.33. The SMILES string of the molecule is CC=C(C)C(=O)O[C@H]1c2cc(OC)c(OC)c(OC)c2[C@@H]2C(=C[C@H](C)[C@]1(C)O)C=C1OCOC1=C2OC. The molecule has 0 bridgehead atoms. The minimum absolute atomic E-state index is 0.0556. The molecule has 9 heteroatoms. The van der Waals surface area contributed by atoms with E-state index in [4.69, 9.17) is 33.2 Å². The third-order valence-electron chi connectivity index (χ3n) is 7.33. The molecule has 0 spiro atoms. The molecule has 1 fully saturated rings. The predicted molar refractivity (Wildman–Crippen MR) is 134 cm³/mol. The van der Waals surface area contributed by atoms with Crippen LogP contribution in [0.4, 0.5) is 0 Å². The monoisotopic (exact) mass is 514 g/mol. The van der Waals surface area contributed by atoms with Gasteiger partial charge < -0.3 is 38.3 Å². The van der Waals surface area contributed by atoms with Crippen molar-refractivity contribution in [3.05, 3.63) is 63.8 Å². The van der Waals surface area contributed by atoms with Crippen LogP contribution in [0.2, 0.25) is 0 Å². The largest absolute Gasteiger partial charge is 0.496 e. The molecule has 0 amide bonds. The summed E-state index contributed by atoms with van der Waals surface area (Å²) in [5.74, 6) is 1.03. The molecule has 1 aromatic rings. The maximum Gasteiger partial charge on any atom is 0.334 e. The number of fused-ring (bicyclic) bond motifs is 4. The Hall–Kier alpha value is -3.59. The zero-order valence-electron chi connectivity index (χ0n) is 22.5. The van der Waals surface area contributed by atoms with Gasteiger partial charge in [-0.2, -0.15) is 0 Å². The van der Waals surface area contributed by atoms with Gasteiger partial charge in [-0.3, -0.25) is 0 Å². The van der Waals surface area contributed by atoms with Crippen molar-refractivity contribution in [2.45, 2.75) is 45.3 Å². The summed E-state index contributed by atoms with van der Waals surface area (Å²) in [4.78, 5) is 13.0. The Morgan fingerprint density at radius 3 is 2.41 bits per heavy atom. The standard InChI is InChI=1S/C28H34O9/c1-9-14(2)27(29)37-26-17-12-18(31-5)22(32-6)25(34-8)21(17)20-16(10-15(3)28(26,4)30)11-19-23(24(20)33-7)36-13-35-19/h9-12,15,20,26,30H,13H2,1-8H3/t15-,20-,26-,28-/m0/s1. The number of benzene rings is 1. The first-order valence-electron chi connectivity index (χ1n) is 12.0. The highest BCUT2D eigenvalue weighted by Crippen LogP contribution is 2.56. The molecule has 3 aliphatic rings. The van der Waals surface area contributed by atoms with Gasteiger partial charge in [0.1, 0.15) is 5.60 Å². The summed E-state index contributed by atoms with van der Waals surface area (Å²) in [5.41, 5.74) is 0.769. The fourth-order valence-electron chi connectivity index (χ4n) is 4.98. The van der Waals surface area contributed by atoms with Gasteiger partial charge in [-0.1, -0.05) is 19.1 Å². The molecule has 4 rings (SSSR count). The van der Waals surface area contributed by atoms with Gasteiger partial charge >= 0.3 is 5.97 Å². The lowest BCUT2D eigenvalue weighted by Crippen LogP contribution is -2.43. The van der Waals surface area contributed by atoms with Crippen LogP contribution in [0.25, 0.3) is 0 Å². The Bertz CT molecular complexity index is 1220. The van der Waals surface area contributed by atoms with Crippen molar-refractivity contribution in [1.82, 2.24) is 0 Å². The first-order valence-corrected chi connectivity index (χ1v) is 12.0. The Kier molecular flexibility index (Phi) is 7.19. The highest BCUT2D eigenvalue weighted by molar-refractivity contribution is 5.88. The zero-order valence-corrected chi connectivity index (χ0v) is 22.5. The molecule has 200 valence electrons. The molecule has 0 aromatic heterocycles. The quantitative estimate of drug-likeness (QED) is 0.436. The van der Waals surface area contributed by atoms with Gasteiger partial charge in [0.05, 0.1) is 34.4 Å². The number of carbonyl (C=O) groups excluding carboxylic acids is 1. The molecule has 4 atom stereocenters. The van der Waals surface area contributed by atoms with E-state index in [0.29, 0.717) is 51.2 Å². The minimum Gasteiger partial charge on any atom is -0.496 e. The van der Waals surface area contributed by atoms with Crippen LogP contribution in [-0.2, 0) is 23.7 Å². The molecule has 1 N–H and O–H groups in total. The van der Waals surface area contributed by atoms with Crippen LogP contribution < -0.4 is 14.2 Å². The van der Waals surface area contributed by atoms with Crippen molar-refractivity contribution in [3.63, 3.8) is 0 Å². The molecule has 0 saturated carbocycles. The van der Waals surface area contributed by atoms with Gasteiger partial charge in [0.15, 0.2) is 29.1 Å². The molecule has 9 nitrogen and oxygen atoms in total. The number of esters is 1. The Balaban J connectivity index is 2.12. The summed E-state index contributed by atoms with van der Waals surface area (Å²) in [7, 11) is 6.10. The van der Waals surface area contributed by atoms with Crippen molar-refractivity contribution < 1.29 is 43.1 Å². The van der Waals surface area contributed by atoms with Crippen molar-refractivity contribution in [3.8, 4) is 17.2 Å². The smallest absolute Gasteiger partial charge is 0.334 e. The van der Waals surface area contributed by atoms with Gasteiger partial charge in [-0.15, -0.1) is 0 Å². The van der Waals surface area contributed by atoms with E-state index in [1.165, 1.54) is 21.3 Å². The molecule has 1 aromatic carbocycles. The van der Waals surface area contributed by atoms with Crippen LogP contribution in [0.1, 0.15) is 50.8 Å². The number of ether oxygens (including phenoxy) is 7. The summed E-state index contributed by atoms with van der Waals surface area (Å²) in [6.07, 6.45) is 4.37. The summed E-state index contributed by atoms with van der Waals surface area (Å²) < 4.78 is 40.6. The Morgan fingerprint density at radius 1 is 1.11 bits per heavy atom. The second kappa shape index (κ2) is 10.0. The van der Waals surface area contributed by atoms with Crippen LogP contribution in [0.15, 0.2) is 52.7 Å². The van der Waals surface area contributed by atoms with E-state index in [-0.39, 0.29) is 6.79 Å². The number of aliphatic hydroxyl groups is 1. The molecular weight excluding hydrogens is 480 g/mol. The van der Waals surface area contributed by atoms with Crippen LogP contribution in [0.5, 0.6) is 17.2 Å². The zero-order chi connectivity index (χ0) is 27.1. The molecule has 37 heavy (non-hydrogen) atoms. The number of methoxy groups -OCH3 is 4. The maximum absolute atomic E-state index is 13.0. The third kappa shape index (κ3) is 4.21. The average Bonchev–Trinajstić information content (AvgIpc) is 3.36.